The largest absolute Gasteiger partial charge is 0.475 e. The van der Waals surface area contributed by atoms with Crippen molar-refractivity contribution in [3.05, 3.63) is 34.9 Å². The van der Waals surface area contributed by atoms with E-state index in [2.05, 4.69) is 45.9 Å². The summed E-state index contributed by atoms with van der Waals surface area (Å²) >= 11 is 0. The maximum Gasteiger partial charge on any atom is 0.217 e. The third kappa shape index (κ3) is 2.74. The van der Waals surface area contributed by atoms with Gasteiger partial charge < -0.3 is 4.74 Å². The maximum atomic E-state index is 5.81. The number of rotatable bonds is 4. The molecular formula is C16H23NO. The third-order valence-electron chi connectivity index (χ3n) is 3.34. The molecule has 0 atom stereocenters. The van der Waals surface area contributed by atoms with E-state index in [-0.39, 0.29) is 5.54 Å². The van der Waals surface area contributed by atoms with E-state index in [4.69, 9.17) is 9.73 Å². The highest BCUT2D eigenvalue weighted by atomic mass is 16.5. The fourth-order valence-electron chi connectivity index (χ4n) is 2.32. The highest BCUT2D eigenvalue weighted by molar-refractivity contribution is 5.98. The predicted molar refractivity (Wildman–Crippen MR) is 76.4 cm³/mol. The minimum atomic E-state index is -0.0837. The molecule has 0 amide bonds. The van der Waals surface area contributed by atoms with Gasteiger partial charge in [-0.3, -0.25) is 0 Å². The first-order valence-electron chi connectivity index (χ1n) is 6.85. The Morgan fingerprint density at radius 1 is 1.33 bits per heavy atom. The molecule has 18 heavy (non-hydrogen) atoms. The van der Waals surface area contributed by atoms with Crippen LogP contribution in [0.25, 0.3) is 0 Å². The van der Waals surface area contributed by atoms with Gasteiger partial charge in [0.2, 0.25) is 5.90 Å². The summed E-state index contributed by atoms with van der Waals surface area (Å²) in [5, 5.41) is 0. The van der Waals surface area contributed by atoms with E-state index < -0.39 is 0 Å². The van der Waals surface area contributed by atoms with Gasteiger partial charge in [-0.15, -0.1) is 0 Å². The monoisotopic (exact) mass is 245 g/mol. The number of ether oxygens (including phenoxy) is 1. The van der Waals surface area contributed by atoms with Gasteiger partial charge in [0, 0.05) is 5.56 Å². The van der Waals surface area contributed by atoms with Gasteiger partial charge in [0.25, 0.3) is 0 Å². The van der Waals surface area contributed by atoms with E-state index in [9.17, 15) is 0 Å². The minimum Gasteiger partial charge on any atom is -0.475 e. The van der Waals surface area contributed by atoms with Crippen LogP contribution in [-0.2, 0) is 11.2 Å². The van der Waals surface area contributed by atoms with Gasteiger partial charge in [0.15, 0.2) is 0 Å². The van der Waals surface area contributed by atoms with Gasteiger partial charge in [-0.05, 0) is 44.7 Å². The molecule has 0 spiro atoms. The Morgan fingerprint density at radius 2 is 2.11 bits per heavy atom. The Kier molecular flexibility index (Phi) is 3.74. The molecular weight excluding hydrogens is 222 g/mol. The molecule has 1 heterocycles. The Bertz CT molecular complexity index is 460. The molecule has 0 fully saturated rings. The van der Waals surface area contributed by atoms with E-state index in [1.54, 1.807) is 0 Å². The lowest BCUT2D eigenvalue weighted by Crippen LogP contribution is -2.17. The molecule has 0 saturated heterocycles. The molecule has 1 aliphatic rings. The second kappa shape index (κ2) is 5.13. The molecule has 1 aliphatic heterocycles. The Labute approximate surface area is 110 Å². The van der Waals surface area contributed by atoms with Crippen molar-refractivity contribution in [2.24, 2.45) is 4.99 Å². The number of hydrogen-bond acceptors (Lipinski definition) is 2. The van der Waals surface area contributed by atoms with Crippen molar-refractivity contribution in [1.29, 1.82) is 0 Å². The Morgan fingerprint density at radius 3 is 2.72 bits per heavy atom. The van der Waals surface area contributed by atoms with E-state index in [0.717, 1.165) is 12.3 Å². The van der Waals surface area contributed by atoms with Crippen molar-refractivity contribution >= 4 is 5.90 Å². The summed E-state index contributed by atoms with van der Waals surface area (Å²) in [5.74, 6) is 0.837. The van der Waals surface area contributed by atoms with Crippen molar-refractivity contribution in [3.8, 4) is 0 Å². The zero-order valence-corrected chi connectivity index (χ0v) is 11.9. The lowest BCUT2D eigenvalue weighted by molar-refractivity contribution is 0.279. The molecule has 0 aromatic heterocycles. The number of aryl methyl sites for hydroxylation is 2. The van der Waals surface area contributed by atoms with Crippen LogP contribution in [0, 0.1) is 6.92 Å². The van der Waals surface area contributed by atoms with Gasteiger partial charge in [0.1, 0.15) is 6.61 Å². The fraction of sp³-hybridized carbons (Fsp3) is 0.562. The second-order valence-corrected chi connectivity index (χ2v) is 5.73. The zero-order valence-electron chi connectivity index (χ0n) is 11.9. The number of unbranched alkanes of at least 4 members (excludes halogenated alkanes) is 1. The van der Waals surface area contributed by atoms with Gasteiger partial charge >= 0.3 is 0 Å². The second-order valence-electron chi connectivity index (χ2n) is 5.73. The highest BCUT2D eigenvalue weighted by Crippen LogP contribution is 2.25. The Hall–Kier alpha value is -1.31. The first kappa shape index (κ1) is 13.1. The van der Waals surface area contributed by atoms with Crippen LogP contribution in [0.2, 0.25) is 0 Å². The van der Waals surface area contributed by atoms with Crippen LogP contribution in [0.1, 0.15) is 50.3 Å². The van der Waals surface area contributed by atoms with Crippen LogP contribution >= 0.6 is 0 Å². The zero-order chi connectivity index (χ0) is 13.2. The van der Waals surface area contributed by atoms with Crippen molar-refractivity contribution in [2.75, 3.05) is 6.61 Å². The summed E-state index contributed by atoms with van der Waals surface area (Å²) in [4.78, 5) is 4.71. The average molecular weight is 245 g/mol. The van der Waals surface area contributed by atoms with Gasteiger partial charge in [-0.25, -0.2) is 4.99 Å². The summed E-state index contributed by atoms with van der Waals surface area (Å²) in [5.41, 5.74) is 3.77. The molecule has 0 bridgehead atoms. The quantitative estimate of drug-likeness (QED) is 0.788. The van der Waals surface area contributed by atoms with E-state index in [0.29, 0.717) is 6.61 Å². The number of benzene rings is 1. The third-order valence-corrected chi connectivity index (χ3v) is 3.34. The van der Waals surface area contributed by atoms with Crippen molar-refractivity contribution in [2.45, 2.75) is 52.5 Å². The molecule has 1 aromatic rings. The van der Waals surface area contributed by atoms with Crippen LogP contribution < -0.4 is 0 Å². The molecule has 2 nitrogen and oxygen atoms in total. The molecule has 0 aliphatic carbocycles. The molecule has 0 radical (unpaired) electrons. The van der Waals surface area contributed by atoms with E-state index in [1.807, 2.05) is 0 Å². The molecule has 0 N–H and O–H groups in total. The first-order chi connectivity index (χ1) is 8.53. The lowest BCUT2D eigenvalue weighted by Gasteiger charge is -2.11. The summed E-state index contributed by atoms with van der Waals surface area (Å²) in [7, 11) is 0. The molecule has 0 saturated carbocycles. The van der Waals surface area contributed by atoms with Crippen molar-refractivity contribution in [3.63, 3.8) is 0 Å². The van der Waals surface area contributed by atoms with Gasteiger partial charge in [0.05, 0.1) is 5.54 Å². The molecule has 98 valence electrons. The molecule has 0 unspecified atom stereocenters. The van der Waals surface area contributed by atoms with Crippen LogP contribution in [0.4, 0.5) is 0 Å². The average Bonchev–Trinajstić information content (AvgIpc) is 2.66. The normalized spacial score (nSPS) is 17.4. The number of nitrogens with zero attached hydrogens (tertiary/aromatic N) is 1. The molecule has 2 heteroatoms. The summed E-state index contributed by atoms with van der Waals surface area (Å²) in [6, 6.07) is 6.47. The SMILES string of the molecule is CCCCc1cccc(C)c1C1=NC(C)(C)CO1. The summed E-state index contributed by atoms with van der Waals surface area (Å²) in [6.07, 6.45) is 3.54. The predicted octanol–water partition coefficient (Wildman–Crippen LogP) is 3.89. The Balaban J connectivity index is 2.37. The van der Waals surface area contributed by atoms with Crippen LogP contribution in [0.3, 0.4) is 0 Å². The van der Waals surface area contributed by atoms with Crippen molar-refractivity contribution < 1.29 is 4.74 Å². The topological polar surface area (TPSA) is 21.6 Å². The summed E-state index contributed by atoms with van der Waals surface area (Å²) in [6.45, 7) is 9.28. The lowest BCUT2D eigenvalue weighted by atomic mass is 9.97. The standard InChI is InChI=1S/C16H23NO/c1-5-6-9-13-10-7-8-12(2)14(13)15-17-16(3,4)11-18-15/h7-8,10H,5-6,9,11H2,1-4H3. The first-order valence-corrected chi connectivity index (χ1v) is 6.85. The minimum absolute atomic E-state index is 0.0837. The maximum absolute atomic E-state index is 5.81. The number of aliphatic imine (C=N–C) groups is 1. The highest BCUT2D eigenvalue weighted by Gasteiger charge is 2.28. The van der Waals surface area contributed by atoms with E-state index >= 15 is 0 Å². The van der Waals surface area contributed by atoms with Gasteiger partial charge in [-0.1, -0.05) is 31.5 Å². The van der Waals surface area contributed by atoms with Crippen LogP contribution in [0.5, 0.6) is 0 Å². The number of hydrogen-bond donors (Lipinski definition) is 0. The molecule has 2 rings (SSSR count). The molecule has 1 aromatic carbocycles. The van der Waals surface area contributed by atoms with Crippen LogP contribution in [0.15, 0.2) is 23.2 Å². The fourth-order valence-corrected chi connectivity index (χ4v) is 2.32. The van der Waals surface area contributed by atoms with Crippen molar-refractivity contribution in [1.82, 2.24) is 0 Å². The smallest absolute Gasteiger partial charge is 0.217 e. The van der Waals surface area contributed by atoms with Crippen LogP contribution in [-0.4, -0.2) is 18.0 Å². The van der Waals surface area contributed by atoms with Gasteiger partial charge in [-0.2, -0.15) is 0 Å². The summed E-state index contributed by atoms with van der Waals surface area (Å²) < 4.78 is 5.81. The van der Waals surface area contributed by atoms with E-state index in [1.165, 1.54) is 29.5 Å².